The van der Waals surface area contributed by atoms with E-state index in [1.54, 1.807) is 25.2 Å². The highest BCUT2D eigenvalue weighted by molar-refractivity contribution is 9.10. The summed E-state index contributed by atoms with van der Waals surface area (Å²) in [5, 5.41) is 0.842. The molecule has 0 unspecified atom stereocenters. The first-order chi connectivity index (χ1) is 15.1. The summed E-state index contributed by atoms with van der Waals surface area (Å²) in [5.41, 5.74) is 1.29. The minimum atomic E-state index is -0.668. The van der Waals surface area contributed by atoms with Gasteiger partial charge in [0.2, 0.25) is 5.56 Å². The first kappa shape index (κ1) is 23.7. The van der Waals surface area contributed by atoms with Gasteiger partial charge in [-0.3, -0.25) is 9.69 Å². The van der Waals surface area contributed by atoms with Crippen LogP contribution >= 0.6 is 15.9 Å². The zero-order valence-electron chi connectivity index (χ0n) is 18.8. The van der Waals surface area contributed by atoms with Crippen molar-refractivity contribution in [3.63, 3.8) is 0 Å². The van der Waals surface area contributed by atoms with E-state index in [4.69, 9.17) is 14.2 Å². The van der Waals surface area contributed by atoms with Crippen molar-refractivity contribution >= 4 is 32.9 Å². The maximum absolute atomic E-state index is 13.1. The van der Waals surface area contributed by atoms with Gasteiger partial charge in [0.25, 0.3) is 0 Å². The minimum Gasteiger partial charge on any atom is -0.497 e. The van der Waals surface area contributed by atoms with Gasteiger partial charge in [-0.25, -0.2) is 4.79 Å². The third-order valence-corrected chi connectivity index (χ3v) is 5.25. The molecule has 0 aliphatic rings. The number of amides is 1. The molecule has 32 heavy (non-hydrogen) atoms. The van der Waals surface area contributed by atoms with E-state index < -0.39 is 11.7 Å². The molecule has 1 heterocycles. The van der Waals surface area contributed by atoms with Crippen molar-refractivity contribution in [3.8, 4) is 11.5 Å². The number of nitrogens with zero attached hydrogens (tertiary/aromatic N) is 1. The summed E-state index contributed by atoms with van der Waals surface area (Å²) in [7, 11) is 3.15. The third kappa shape index (κ3) is 5.82. The molecule has 0 atom stereocenters. The monoisotopic (exact) mass is 502 g/mol. The molecule has 0 aliphatic carbocycles. The van der Waals surface area contributed by atoms with E-state index in [1.807, 2.05) is 51.1 Å². The number of carbonyl (C=O) groups is 1. The van der Waals surface area contributed by atoms with Crippen molar-refractivity contribution in [1.29, 1.82) is 0 Å². The normalized spacial score (nSPS) is 11.3. The van der Waals surface area contributed by atoms with Crippen LogP contribution in [0.25, 0.3) is 10.9 Å². The van der Waals surface area contributed by atoms with Gasteiger partial charge < -0.3 is 19.2 Å². The zero-order chi connectivity index (χ0) is 23.5. The van der Waals surface area contributed by atoms with Crippen LogP contribution in [0, 0.1) is 0 Å². The van der Waals surface area contributed by atoms with Gasteiger partial charge >= 0.3 is 6.09 Å². The SMILES string of the molecule is COc1ccc(CN(Cc2cc(=O)[nH]c3ccc(Br)cc23)C(=O)OC(C)(C)C)c(OC)c1. The van der Waals surface area contributed by atoms with Gasteiger partial charge in [-0.05, 0) is 56.7 Å². The number of hydrogen-bond acceptors (Lipinski definition) is 5. The molecule has 0 radical (unpaired) electrons. The first-order valence-electron chi connectivity index (χ1n) is 10.1. The number of halogens is 1. The topological polar surface area (TPSA) is 80.9 Å². The molecule has 1 aromatic heterocycles. The highest BCUT2D eigenvalue weighted by Gasteiger charge is 2.24. The van der Waals surface area contributed by atoms with Crippen molar-refractivity contribution in [1.82, 2.24) is 9.88 Å². The minimum absolute atomic E-state index is 0.182. The van der Waals surface area contributed by atoms with E-state index in [0.29, 0.717) is 22.6 Å². The standard InChI is InChI=1S/C24H27BrN2O5/c1-24(2,3)32-23(29)27(13-15-6-8-18(30-4)12-21(15)31-5)14-16-10-22(28)26-20-9-7-17(25)11-19(16)20/h6-12H,13-14H2,1-5H3,(H,26,28). The Bertz CT molecular complexity index is 1180. The van der Waals surface area contributed by atoms with Crippen LogP contribution in [0.2, 0.25) is 0 Å². The Hall–Kier alpha value is -3.00. The van der Waals surface area contributed by atoms with Crippen molar-refractivity contribution < 1.29 is 19.0 Å². The summed E-state index contributed by atoms with van der Waals surface area (Å²) >= 11 is 3.48. The molecule has 0 aliphatic heterocycles. The molecule has 7 nitrogen and oxygen atoms in total. The van der Waals surface area contributed by atoms with Crippen LogP contribution in [0.1, 0.15) is 31.9 Å². The lowest BCUT2D eigenvalue weighted by atomic mass is 10.1. The summed E-state index contributed by atoms with van der Waals surface area (Å²) < 4.78 is 17.3. The van der Waals surface area contributed by atoms with E-state index in [0.717, 1.165) is 15.4 Å². The van der Waals surface area contributed by atoms with Crippen LogP contribution in [-0.4, -0.2) is 35.8 Å². The van der Waals surface area contributed by atoms with E-state index in [1.165, 1.54) is 6.07 Å². The number of aromatic nitrogens is 1. The van der Waals surface area contributed by atoms with Crippen molar-refractivity contribution in [2.75, 3.05) is 14.2 Å². The second kappa shape index (κ2) is 9.65. The Labute approximate surface area is 195 Å². The molecule has 0 spiro atoms. The summed E-state index contributed by atoms with van der Waals surface area (Å²) in [4.78, 5) is 29.8. The molecule has 8 heteroatoms. The number of pyridine rings is 1. The molecule has 1 N–H and O–H groups in total. The van der Waals surface area contributed by atoms with Gasteiger partial charge in [-0.2, -0.15) is 0 Å². The highest BCUT2D eigenvalue weighted by Crippen LogP contribution is 2.28. The lowest BCUT2D eigenvalue weighted by Gasteiger charge is -2.28. The Morgan fingerprint density at radius 2 is 1.72 bits per heavy atom. The number of ether oxygens (including phenoxy) is 3. The summed E-state index contributed by atoms with van der Waals surface area (Å²) in [6.45, 7) is 5.86. The molecule has 0 saturated carbocycles. The smallest absolute Gasteiger partial charge is 0.410 e. The molecule has 3 rings (SSSR count). The van der Waals surface area contributed by atoms with Crippen LogP contribution in [-0.2, 0) is 17.8 Å². The van der Waals surface area contributed by atoms with Gasteiger partial charge in [0.15, 0.2) is 0 Å². The largest absolute Gasteiger partial charge is 0.497 e. The average molecular weight is 503 g/mol. The number of benzene rings is 2. The lowest BCUT2D eigenvalue weighted by molar-refractivity contribution is 0.0216. The third-order valence-electron chi connectivity index (χ3n) is 4.76. The summed E-state index contributed by atoms with van der Waals surface area (Å²) in [6.07, 6.45) is -0.487. The van der Waals surface area contributed by atoms with Gasteiger partial charge in [0.05, 0.1) is 27.3 Å². The number of nitrogens with one attached hydrogen (secondary N) is 1. The van der Waals surface area contributed by atoms with E-state index in [2.05, 4.69) is 20.9 Å². The van der Waals surface area contributed by atoms with Crippen molar-refractivity contribution in [2.45, 2.75) is 39.5 Å². The Balaban J connectivity index is 2.03. The fraction of sp³-hybridized carbons (Fsp3) is 0.333. The second-order valence-electron chi connectivity index (χ2n) is 8.36. The van der Waals surface area contributed by atoms with Gasteiger partial charge in [0.1, 0.15) is 17.1 Å². The van der Waals surface area contributed by atoms with Gasteiger partial charge in [-0.15, -0.1) is 0 Å². The Kier molecular flexibility index (Phi) is 7.13. The van der Waals surface area contributed by atoms with E-state index in [9.17, 15) is 9.59 Å². The summed E-state index contributed by atoms with van der Waals surface area (Å²) in [6, 6.07) is 12.5. The average Bonchev–Trinajstić information content (AvgIpc) is 2.72. The number of aromatic amines is 1. The van der Waals surface area contributed by atoms with E-state index >= 15 is 0 Å². The van der Waals surface area contributed by atoms with Crippen LogP contribution in [0.5, 0.6) is 11.5 Å². The quantitative estimate of drug-likeness (QED) is 0.498. The maximum atomic E-state index is 13.1. The van der Waals surface area contributed by atoms with Crippen LogP contribution < -0.4 is 15.0 Å². The number of fused-ring (bicyclic) bond motifs is 1. The highest BCUT2D eigenvalue weighted by atomic mass is 79.9. The number of methoxy groups -OCH3 is 2. The predicted molar refractivity (Wildman–Crippen MR) is 127 cm³/mol. The van der Waals surface area contributed by atoms with E-state index in [-0.39, 0.29) is 18.6 Å². The number of hydrogen-bond donors (Lipinski definition) is 1. The number of H-pyrrole nitrogens is 1. The van der Waals surface area contributed by atoms with Gasteiger partial charge in [0, 0.05) is 33.1 Å². The van der Waals surface area contributed by atoms with Crippen molar-refractivity contribution in [3.05, 3.63) is 68.4 Å². The fourth-order valence-electron chi connectivity index (χ4n) is 3.33. The Morgan fingerprint density at radius 1 is 1.00 bits per heavy atom. The fourth-order valence-corrected chi connectivity index (χ4v) is 3.69. The predicted octanol–water partition coefficient (Wildman–Crippen LogP) is 5.25. The molecule has 170 valence electrons. The summed E-state index contributed by atoms with van der Waals surface area (Å²) in [5.74, 6) is 1.25. The maximum Gasteiger partial charge on any atom is 0.410 e. The molecule has 0 bridgehead atoms. The molecular formula is C24H27BrN2O5. The zero-order valence-corrected chi connectivity index (χ0v) is 20.4. The number of rotatable bonds is 6. The Morgan fingerprint density at radius 3 is 2.38 bits per heavy atom. The molecular weight excluding hydrogens is 476 g/mol. The molecule has 2 aromatic carbocycles. The number of carbonyl (C=O) groups excluding carboxylic acids is 1. The molecule has 0 fully saturated rings. The molecule has 1 amide bonds. The molecule has 3 aromatic rings. The van der Waals surface area contributed by atoms with Crippen molar-refractivity contribution in [2.24, 2.45) is 0 Å². The first-order valence-corrected chi connectivity index (χ1v) is 10.9. The van der Waals surface area contributed by atoms with Crippen LogP contribution in [0.4, 0.5) is 4.79 Å². The van der Waals surface area contributed by atoms with Crippen LogP contribution in [0.3, 0.4) is 0 Å². The van der Waals surface area contributed by atoms with Crippen LogP contribution in [0.15, 0.2) is 51.7 Å². The lowest BCUT2D eigenvalue weighted by Crippen LogP contribution is -2.36. The second-order valence-corrected chi connectivity index (χ2v) is 9.28. The van der Waals surface area contributed by atoms with Gasteiger partial charge in [-0.1, -0.05) is 15.9 Å². The molecule has 0 saturated heterocycles.